The molecule has 3 rings (SSSR count). The van der Waals surface area contributed by atoms with Gasteiger partial charge in [-0.05, 0) is 29.3 Å². The van der Waals surface area contributed by atoms with Crippen LogP contribution in [-0.2, 0) is 6.54 Å². The van der Waals surface area contributed by atoms with E-state index in [9.17, 15) is 8.78 Å². The number of ether oxygens (including phenoxy) is 2. The Kier molecular flexibility index (Phi) is 7.56. The van der Waals surface area contributed by atoms with Gasteiger partial charge in [0, 0.05) is 44.6 Å². The summed E-state index contributed by atoms with van der Waals surface area (Å²) in [6.45, 7) is 0.447. The van der Waals surface area contributed by atoms with E-state index in [1.807, 2.05) is 12.3 Å². The molecule has 0 bridgehead atoms. The highest BCUT2D eigenvalue weighted by Gasteiger charge is 2.24. The van der Waals surface area contributed by atoms with Crippen LogP contribution in [0.2, 0.25) is 0 Å². The average Bonchev–Trinajstić information content (AvgIpc) is 2.64. The van der Waals surface area contributed by atoms with Crippen molar-refractivity contribution in [2.75, 3.05) is 26.7 Å². The molecule has 0 amide bonds. The second-order valence-corrected chi connectivity index (χ2v) is 5.84. The first kappa shape index (κ1) is 20.4. The van der Waals surface area contributed by atoms with E-state index >= 15 is 0 Å². The van der Waals surface area contributed by atoms with Crippen molar-refractivity contribution in [2.24, 2.45) is 0 Å². The lowest BCUT2D eigenvalue weighted by molar-refractivity contribution is -0.0512. The molecule has 0 radical (unpaired) electrons. The van der Waals surface area contributed by atoms with E-state index in [2.05, 4.69) is 26.0 Å². The lowest BCUT2D eigenvalue weighted by Gasteiger charge is -2.36. The molecule has 8 heteroatoms. The molecule has 1 unspecified atom stereocenters. The maximum Gasteiger partial charge on any atom is 0.387 e. The highest BCUT2D eigenvalue weighted by Crippen LogP contribution is 2.31. The standard InChI is InChI=1S/C18H21F2N3O2.ClH/c1-24-17-9-13(4-5-16(17)25-18(19)20)12-23-8-7-22-11-15(23)14-3-2-6-21-10-14;/h2-6,9-10,15,18,22H,7-8,11-12H2,1H3;1H. The predicted molar refractivity (Wildman–Crippen MR) is 97.1 cm³/mol. The van der Waals surface area contributed by atoms with E-state index in [1.165, 1.54) is 13.2 Å². The van der Waals surface area contributed by atoms with Crippen molar-refractivity contribution in [3.8, 4) is 11.5 Å². The summed E-state index contributed by atoms with van der Waals surface area (Å²) in [5.74, 6) is 0.358. The first-order valence-electron chi connectivity index (χ1n) is 8.14. The van der Waals surface area contributed by atoms with E-state index < -0.39 is 6.61 Å². The summed E-state index contributed by atoms with van der Waals surface area (Å²) in [4.78, 5) is 6.55. The molecule has 1 aliphatic rings. The number of hydrogen-bond donors (Lipinski definition) is 1. The zero-order valence-electron chi connectivity index (χ0n) is 14.4. The van der Waals surface area contributed by atoms with Crippen LogP contribution in [-0.4, -0.2) is 43.2 Å². The van der Waals surface area contributed by atoms with Crippen molar-refractivity contribution in [1.82, 2.24) is 15.2 Å². The minimum atomic E-state index is -2.87. The zero-order valence-corrected chi connectivity index (χ0v) is 15.2. The van der Waals surface area contributed by atoms with Gasteiger partial charge in [0.15, 0.2) is 11.5 Å². The van der Waals surface area contributed by atoms with E-state index in [1.54, 1.807) is 18.3 Å². The minimum Gasteiger partial charge on any atom is -0.493 e. The van der Waals surface area contributed by atoms with Crippen LogP contribution in [0.3, 0.4) is 0 Å². The highest BCUT2D eigenvalue weighted by atomic mass is 35.5. The Morgan fingerprint density at radius 3 is 2.85 bits per heavy atom. The van der Waals surface area contributed by atoms with Gasteiger partial charge in [0.05, 0.1) is 7.11 Å². The van der Waals surface area contributed by atoms with Crippen molar-refractivity contribution in [1.29, 1.82) is 0 Å². The van der Waals surface area contributed by atoms with Gasteiger partial charge in [-0.15, -0.1) is 12.4 Å². The summed E-state index contributed by atoms with van der Waals surface area (Å²) in [6, 6.07) is 9.29. The number of alkyl halides is 2. The number of piperazine rings is 1. The molecule has 2 heterocycles. The van der Waals surface area contributed by atoms with Crippen LogP contribution < -0.4 is 14.8 Å². The molecular formula is C18H22ClF2N3O2. The number of nitrogens with zero attached hydrogens (tertiary/aromatic N) is 2. The fourth-order valence-electron chi connectivity index (χ4n) is 3.08. The van der Waals surface area contributed by atoms with Crippen LogP contribution >= 0.6 is 12.4 Å². The highest BCUT2D eigenvalue weighted by molar-refractivity contribution is 5.85. The van der Waals surface area contributed by atoms with Crippen LogP contribution in [0, 0.1) is 0 Å². The van der Waals surface area contributed by atoms with E-state index in [4.69, 9.17) is 4.74 Å². The topological polar surface area (TPSA) is 46.6 Å². The second-order valence-electron chi connectivity index (χ2n) is 5.84. The summed E-state index contributed by atoms with van der Waals surface area (Å²) in [7, 11) is 1.45. The lowest BCUT2D eigenvalue weighted by atomic mass is 10.0. The summed E-state index contributed by atoms with van der Waals surface area (Å²) in [6.07, 6.45) is 3.64. The Labute approximate surface area is 157 Å². The molecule has 0 saturated carbocycles. The third-order valence-electron chi connectivity index (χ3n) is 4.25. The van der Waals surface area contributed by atoms with Gasteiger partial charge in [0.1, 0.15) is 0 Å². The number of methoxy groups -OCH3 is 1. The molecule has 5 nitrogen and oxygen atoms in total. The number of rotatable bonds is 6. The van der Waals surface area contributed by atoms with Gasteiger partial charge in [-0.2, -0.15) is 8.78 Å². The van der Waals surface area contributed by atoms with Crippen molar-refractivity contribution in [2.45, 2.75) is 19.2 Å². The molecule has 1 aliphatic heterocycles. The van der Waals surface area contributed by atoms with Gasteiger partial charge >= 0.3 is 6.61 Å². The van der Waals surface area contributed by atoms with Crippen molar-refractivity contribution >= 4 is 12.4 Å². The molecule has 1 aromatic carbocycles. The third-order valence-corrected chi connectivity index (χ3v) is 4.25. The molecule has 2 aromatic rings. The molecule has 0 spiro atoms. The van der Waals surface area contributed by atoms with Crippen LogP contribution in [0.15, 0.2) is 42.7 Å². The summed E-state index contributed by atoms with van der Waals surface area (Å²) >= 11 is 0. The summed E-state index contributed by atoms with van der Waals surface area (Å²) < 4.78 is 34.6. The Morgan fingerprint density at radius 1 is 1.31 bits per heavy atom. The summed E-state index contributed by atoms with van der Waals surface area (Å²) in [5, 5.41) is 3.40. The smallest absolute Gasteiger partial charge is 0.387 e. The first-order valence-corrected chi connectivity index (χ1v) is 8.14. The molecule has 1 saturated heterocycles. The molecule has 1 N–H and O–H groups in total. The van der Waals surface area contributed by atoms with Crippen LogP contribution in [0.4, 0.5) is 8.78 Å². The van der Waals surface area contributed by atoms with E-state index in [-0.39, 0.29) is 24.2 Å². The quantitative estimate of drug-likeness (QED) is 0.827. The molecule has 142 valence electrons. The van der Waals surface area contributed by atoms with Crippen LogP contribution in [0.1, 0.15) is 17.2 Å². The fraction of sp³-hybridized carbons (Fsp3) is 0.389. The second kappa shape index (κ2) is 9.66. The Bertz CT molecular complexity index is 691. The molecular weight excluding hydrogens is 364 g/mol. The van der Waals surface area contributed by atoms with E-state index in [0.29, 0.717) is 12.3 Å². The zero-order chi connectivity index (χ0) is 17.6. The van der Waals surface area contributed by atoms with Crippen molar-refractivity contribution < 1.29 is 18.3 Å². The Morgan fingerprint density at radius 2 is 2.15 bits per heavy atom. The van der Waals surface area contributed by atoms with Gasteiger partial charge in [-0.3, -0.25) is 9.88 Å². The van der Waals surface area contributed by atoms with E-state index in [0.717, 1.165) is 30.8 Å². The molecule has 0 aliphatic carbocycles. The largest absolute Gasteiger partial charge is 0.493 e. The predicted octanol–water partition coefficient (Wildman–Crippen LogP) is 3.26. The fourth-order valence-corrected chi connectivity index (χ4v) is 3.08. The number of halogens is 3. The number of aromatic nitrogens is 1. The number of benzene rings is 1. The summed E-state index contributed by atoms with van der Waals surface area (Å²) in [5.41, 5.74) is 2.13. The molecule has 1 fully saturated rings. The lowest BCUT2D eigenvalue weighted by Crippen LogP contribution is -2.45. The third kappa shape index (κ3) is 5.03. The Hall–Kier alpha value is -1.96. The molecule has 26 heavy (non-hydrogen) atoms. The van der Waals surface area contributed by atoms with Gasteiger partial charge in [0.2, 0.25) is 0 Å². The number of hydrogen-bond acceptors (Lipinski definition) is 5. The first-order chi connectivity index (χ1) is 12.2. The van der Waals surface area contributed by atoms with Gasteiger partial charge < -0.3 is 14.8 Å². The van der Waals surface area contributed by atoms with Gasteiger partial charge in [0.25, 0.3) is 0 Å². The van der Waals surface area contributed by atoms with Gasteiger partial charge in [-0.25, -0.2) is 0 Å². The van der Waals surface area contributed by atoms with Crippen molar-refractivity contribution in [3.05, 3.63) is 53.9 Å². The SMILES string of the molecule is COc1cc(CN2CCNCC2c2cccnc2)ccc1OC(F)F.Cl. The Balaban J connectivity index is 0.00000243. The van der Waals surface area contributed by atoms with Crippen molar-refractivity contribution in [3.63, 3.8) is 0 Å². The maximum absolute atomic E-state index is 12.5. The maximum atomic E-state index is 12.5. The van der Waals surface area contributed by atoms with Crippen LogP contribution in [0.5, 0.6) is 11.5 Å². The molecule has 1 atom stereocenters. The molecule has 1 aromatic heterocycles. The number of pyridine rings is 1. The number of nitrogens with one attached hydrogen (secondary N) is 1. The van der Waals surface area contributed by atoms with Gasteiger partial charge in [-0.1, -0.05) is 12.1 Å². The average molecular weight is 386 g/mol. The monoisotopic (exact) mass is 385 g/mol. The normalized spacial score (nSPS) is 17.6. The minimum absolute atomic E-state index is 0. The van der Waals surface area contributed by atoms with Crippen LogP contribution in [0.25, 0.3) is 0 Å².